The van der Waals surface area contributed by atoms with Crippen molar-refractivity contribution in [3.8, 4) is 11.1 Å². The number of aromatic nitrogens is 1. The van der Waals surface area contributed by atoms with E-state index in [4.69, 9.17) is 5.21 Å². The lowest BCUT2D eigenvalue weighted by molar-refractivity contribution is -0.133. The van der Waals surface area contributed by atoms with Crippen molar-refractivity contribution in [1.29, 1.82) is 0 Å². The molecule has 1 aliphatic heterocycles. The van der Waals surface area contributed by atoms with Crippen LogP contribution in [-0.4, -0.2) is 40.6 Å². The Morgan fingerprint density at radius 1 is 1.24 bits per heavy atom. The summed E-state index contributed by atoms with van der Waals surface area (Å²) < 4.78 is 25.9. The number of hydrogen-bond acceptors (Lipinski definition) is 5. The predicted octanol–water partition coefficient (Wildman–Crippen LogP) is 1.55. The molecule has 8 heteroatoms. The van der Waals surface area contributed by atoms with Crippen molar-refractivity contribution in [2.24, 2.45) is 0 Å². The van der Waals surface area contributed by atoms with Crippen molar-refractivity contribution in [2.45, 2.75) is 25.4 Å². The van der Waals surface area contributed by atoms with Crippen molar-refractivity contribution in [3.63, 3.8) is 0 Å². The van der Waals surface area contributed by atoms with Gasteiger partial charge in [0.05, 0.1) is 5.75 Å². The fourth-order valence-electron chi connectivity index (χ4n) is 2.98. The summed E-state index contributed by atoms with van der Waals surface area (Å²) >= 11 is 0. The highest BCUT2D eigenvalue weighted by atomic mass is 32.2. The first-order valence-corrected chi connectivity index (χ1v) is 9.55. The van der Waals surface area contributed by atoms with E-state index in [0.29, 0.717) is 12.8 Å². The maximum Gasteiger partial charge on any atom is 0.261 e. The Labute approximate surface area is 146 Å². The molecule has 1 fully saturated rings. The minimum absolute atomic E-state index is 0.00990. The molecule has 0 spiro atoms. The molecule has 7 nitrogen and oxygen atoms in total. The van der Waals surface area contributed by atoms with Crippen LogP contribution in [-0.2, 0) is 21.4 Å². The Bertz CT molecular complexity index is 838. The summed E-state index contributed by atoms with van der Waals surface area (Å²) in [5, 5.41) is 8.88. The number of nitrogens with zero attached hydrogens (tertiary/aromatic N) is 2. The molecule has 132 valence electrons. The van der Waals surface area contributed by atoms with Crippen molar-refractivity contribution < 1.29 is 18.4 Å². The van der Waals surface area contributed by atoms with E-state index in [1.807, 2.05) is 36.4 Å². The van der Waals surface area contributed by atoms with Gasteiger partial charge in [0.25, 0.3) is 5.91 Å². The highest BCUT2D eigenvalue weighted by Gasteiger charge is 2.38. The Kier molecular flexibility index (Phi) is 5.12. The van der Waals surface area contributed by atoms with Gasteiger partial charge in [0.1, 0.15) is 6.04 Å². The third kappa shape index (κ3) is 3.87. The predicted molar refractivity (Wildman–Crippen MR) is 92.0 cm³/mol. The molecule has 25 heavy (non-hydrogen) atoms. The van der Waals surface area contributed by atoms with Crippen LogP contribution >= 0.6 is 0 Å². The molecule has 1 amide bonds. The van der Waals surface area contributed by atoms with Crippen molar-refractivity contribution in [1.82, 2.24) is 14.8 Å². The second-order valence-electron chi connectivity index (χ2n) is 5.93. The van der Waals surface area contributed by atoms with E-state index in [1.54, 1.807) is 17.9 Å². The monoisotopic (exact) mass is 361 g/mol. The molecule has 2 N–H and O–H groups in total. The van der Waals surface area contributed by atoms with E-state index >= 15 is 0 Å². The Balaban J connectivity index is 1.83. The largest absolute Gasteiger partial charge is 0.289 e. The van der Waals surface area contributed by atoms with Gasteiger partial charge in [0, 0.05) is 18.9 Å². The average Bonchev–Trinajstić information content (AvgIpc) is 2.64. The van der Waals surface area contributed by atoms with Gasteiger partial charge < -0.3 is 0 Å². The average molecular weight is 361 g/mol. The first-order chi connectivity index (χ1) is 12.0. The van der Waals surface area contributed by atoms with Crippen LogP contribution in [0.1, 0.15) is 18.4 Å². The summed E-state index contributed by atoms with van der Waals surface area (Å²) in [5.74, 6) is -0.689. The molecule has 1 aromatic heterocycles. The summed E-state index contributed by atoms with van der Waals surface area (Å²) in [4.78, 5) is 15.9. The lowest BCUT2D eigenvalue weighted by atomic mass is 10.1. The van der Waals surface area contributed by atoms with Crippen molar-refractivity contribution in [2.75, 3.05) is 5.75 Å². The summed E-state index contributed by atoms with van der Waals surface area (Å²) in [6.07, 6.45) is 4.24. The second kappa shape index (κ2) is 7.30. The number of hydroxylamine groups is 1. The maximum absolute atomic E-state index is 12.4. The van der Waals surface area contributed by atoms with Crippen LogP contribution in [0.15, 0.2) is 48.8 Å². The van der Waals surface area contributed by atoms with Crippen LogP contribution < -0.4 is 5.48 Å². The number of carbonyl (C=O) groups excluding carboxylic acids is 1. The van der Waals surface area contributed by atoms with E-state index < -0.39 is 22.0 Å². The molecule has 0 radical (unpaired) electrons. The van der Waals surface area contributed by atoms with Gasteiger partial charge in [0.2, 0.25) is 10.0 Å². The maximum atomic E-state index is 12.4. The minimum atomic E-state index is -3.54. The van der Waals surface area contributed by atoms with Crippen LogP contribution in [0.5, 0.6) is 0 Å². The normalized spacial score (nSPS) is 20.1. The number of pyridine rings is 1. The number of sulfonamides is 1. The zero-order valence-corrected chi connectivity index (χ0v) is 14.3. The Morgan fingerprint density at radius 2 is 2.00 bits per heavy atom. The molecular weight excluding hydrogens is 342 g/mol. The summed E-state index contributed by atoms with van der Waals surface area (Å²) in [7, 11) is -3.54. The quantitative estimate of drug-likeness (QED) is 0.636. The third-order valence-corrected chi connectivity index (χ3v) is 6.19. The molecular formula is C17H19N3O4S. The van der Waals surface area contributed by atoms with Gasteiger partial charge in [-0.2, -0.15) is 4.31 Å². The number of hydrogen-bond donors (Lipinski definition) is 2. The molecule has 1 saturated heterocycles. The van der Waals surface area contributed by atoms with Gasteiger partial charge in [-0.1, -0.05) is 30.3 Å². The molecule has 0 aliphatic carbocycles. The van der Waals surface area contributed by atoms with Gasteiger partial charge in [0.15, 0.2) is 0 Å². The highest BCUT2D eigenvalue weighted by molar-refractivity contribution is 7.89. The Hall–Kier alpha value is -2.29. The molecule has 2 aromatic rings. The number of rotatable bonds is 4. The highest BCUT2D eigenvalue weighted by Crippen LogP contribution is 2.25. The van der Waals surface area contributed by atoms with Crippen LogP contribution in [0.4, 0.5) is 0 Å². The summed E-state index contributed by atoms with van der Waals surface area (Å²) in [5.41, 5.74) is 4.28. The minimum Gasteiger partial charge on any atom is -0.289 e. The number of benzene rings is 1. The number of nitrogens with one attached hydrogen (secondary N) is 1. The van der Waals surface area contributed by atoms with Crippen molar-refractivity contribution in [3.05, 3.63) is 54.4 Å². The van der Waals surface area contributed by atoms with E-state index in [2.05, 4.69) is 4.98 Å². The van der Waals surface area contributed by atoms with Crippen LogP contribution in [0, 0.1) is 0 Å². The summed E-state index contributed by atoms with van der Waals surface area (Å²) in [6.45, 7) is 0.0910. The van der Waals surface area contributed by atoms with Gasteiger partial charge in [-0.15, -0.1) is 0 Å². The first-order valence-electron chi connectivity index (χ1n) is 7.94. The fourth-order valence-corrected chi connectivity index (χ4v) is 4.68. The number of amides is 1. The van der Waals surface area contributed by atoms with E-state index in [1.165, 1.54) is 4.31 Å². The third-order valence-electron chi connectivity index (χ3n) is 4.28. The van der Waals surface area contributed by atoms with Crippen LogP contribution in [0.3, 0.4) is 0 Å². The van der Waals surface area contributed by atoms with E-state index in [9.17, 15) is 13.2 Å². The first kappa shape index (κ1) is 17.5. The van der Waals surface area contributed by atoms with Gasteiger partial charge >= 0.3 is 0 Å². The van der Waals surface area contributed by atoms with E-state index in [0.717, 1.165) is 16.7 Å². The van der Waals surface area contributed by atoms with Gasteiger partial charge in [-0.25, -0.2) is 13.9 Å². The zero-order valence-electron chi connectivity index (χ0n) is 13.5. The molecule has 1 atom stereocenters. The lowest BCUT2D eigenvalue weighted by Gasteiger charge is -2.33. The molecule has 0 saturated carbocycles. The summed E-state index contributed by atoms with van der Waals surface area (Å²) in [6, 6.07) is 10.4. The van der Waals surface area contributed by atoms with Gasteiger partial charge in [-0.05, 0) is 35.6 Å². The molecule has 1 aliphatic rings. The SMILES string of the molecule is O=C(NO)[C@@H]1CCCS(=O)(=O)N1Cc1ccc(-c2cccnc2)cc1. The lowest BCUT2D eigenvalue weighted by Crippen LogP contribution is -2.51. The molecule has 3 rings (SSSR count). The molecule has 0 unspecified atom stereocenters. The molecule has 1 aromatic carbocycles. The zero-order chi connectivity index (χ0) is 17.9. The standard InChI is InChI=1S/C17H19N3O4S/c21-17(19-22)16-4-2-10-25(23,24)20(16)12-13-5-7-14(8-6-13)15-3-1-9-18-11-15/h1,3,5-9,11,16,22H,2,4,10,12H2,(H,19,21)/t16-/m0/s1. The van der Waals surface area contributed by atoms with Crippen LogP contribution in [0.25, 0.3) is 11.1 Å². The number of carbonyl (C=O) groups is 1. The van der Waals surface area contributed by atoms with Crippen LogP contribution in [0.2, 0.25) is 0 Å². The van der Waals surface area contributed by atoms with E-state index in [-0.39, 0.29) is 12.3 Å². The smallest absolute Gasteiger partial charge is 0.261 e. The molecule has 0 bridgehead atoms. The van der Waals surface area contributed by atoms with Gasteiger partial charge in [-0.3, -0.25) is 15.0 Å². The second-order valence-corrected chi connectivity index (χ2v) is 7.98. The fraction of sp³-hybridized carbons (Fsp3) is 0.294. The topological polar surface area (TPSA) is 99.6 Å². The Morgan fingerprint density at radius 3 is 2.64 bits per heavy atom. The molecule has 2 heterocycles. The van der Waals surface area contributed by atoms with Crippen molar-refractivity contribution >= 4 is 15.9 Å².